The van der Waals surface area contributed by atoms with Gasteiger partial charge in [0.05, 0.1) is 0 Å². The molecule has 8 nitrogen and oxygen atoms in total. The Labute approximate surface area is 141 Å². The average Bonchev–Trinajstić information content (AvgIpc) is 2.20. The van der Waals surface area contributed by atoms with Gasteiger partial charge in [0.15, 0.2) is 7.60 Å². The van der Waals surface area contributed by atoms with Crippen LogP contribution in [0.5, 0.6) is 0 Å². The number of hydrogen-bond donors (Lipinski definition) is 4. The standard InChI is InChI=1S/C9H23NO7P2.Na/c1-7(2)8(3)10(4)6-5-9(11,18(12,13)14)19(15,16)17;/h7-8,11H,5-6H2,1-4H3,(H2,12,13,14)(H2,15,16,17);/q;+1/p-1. The average molecular weight is 341 g/mol. The minimum atomic E-state index is -5.60. The Hall–Kier alpha value is 1.22. The van der Waals surface area contributed by atoms with Crippen LogP contribution in [0.4, 0.5) is 0 Å². The maximum atomic E-state index is 11.1. The molecule has 0 aliphatic carbocycles. The van der Waals surface area contributed by atoms with Crippen molar-refractivity contribution >= 4 is 15.2 Å². The minimum absolute atomic E-state index is 0. The van der Waals surface area contributed by atoms with Crippen LogP contribution in [-0.2, 0) is 9.13 Å². The summed E-state index contributed by atoms with van der Waals surface area (Å²) in [5.41, 5.74) is 0. The largest absolute Gasteiger partial charge is 1.00 e. The molecule has 0 aliphatic heterocycles. The van der Waals surface area contributed by atoms with Gasteiger partial charge in [-0.2, -0.15) is 0 Å². The van der Waals surface area contributed by atoms with Crippen LogP contribution in [0.1, 0.15) is 27.2 Å². The molecule has 0 rings (SSSR count). The first kappa shape index (κ1) is 23.5. The Morgan fingerprint density at radius 2 is 1.60 bits per heavy atom. The van der Waals surface area contributed by atoms with E-state index in [1.54, 1.807) is 11.9 Å². The van der Waals surface area contributed by atoms with Gasteiger partial charge in [0.25, 0.3) is 0 Å². The maximum Gasteiger partial charge on any atom is 1.00 e. The molecule has 116 valence electrons. The van der Waals surface area contributed by atoms with Crippen molar-refractivity contribution in [1.82, 2.24) is 4.90 Å². The molecule has 11 heteroatoms. The van der Waals surface area contributed by atoms with E-state index in [4.69, 9.17) is 14.7 Å². The van der Waals surface area contributed by atoms with Gasteiger partial charge in [0.2, 0.25) is 5.08 Å². The Kier molecular flexibility index (Phi) is 9.60. The fourth-order valence-corrected chi connectivity index (χ4v) is 3.58. The second kappa shape index (κ2) is 8.18. The molecule has 0 aromatic carbocycles. The van der Waals surface area contributed by atoms with Gasteiger partial charge < -0.3 is 34.1 Å². The number of hydrogen-bond acceptors (Lipinski definition) is 5. The zero-order valence-corrected chi connectivity index (χ0v) is 16.2. The summed E-state index contributed by atoms with van der Waals surface area (Å²) < 4.78 is 22.1. The van der Waals surface area contributed by atoms with Crippen LogP contribution in [0.15, 0.2) is 0 Å². The van der Waals surface area contributed by atoms with Gasteiger partial charge in [-0.15, -0.1) is 0 Å². The van der Waals surface area contributed by atoms with Crippen molar-refractivity contribution < 1.29 is 63.4 Å². The fraction of sp³-hybridized carbons (Fsp3) is 1.00. The Morgan fingerprint density at radius 1 is 1.20 bits per heavy atom. The van der Waals surface area contributed by atoms with Gasteiger partial charge in [-0.05, 0) is 19.9 Å². The number of rotatable bonds is 7. The summed E-state index contributed by atoms with van der Waals surface area (Å²) in [5, 5.41) is 6.20. The molecular weight excluding hydrogens is 319 g/mol. The predicted octanol–water partition coefficient (Wildman–Crippen LogP) is -3.27. The zero-order valence-electron chi connectivity index (χ0n) is 12.4. The summed E-state index contributed by atoms with van der Waals surface area (Å²) in [6, 6.07) is 0.0192. The van der Waals surface area contributed by atoms with Gasteiger partial charge in [-0.1, -0.05) is 13.8 Å². The van der Waals surface area contributed by atoms with E-state index >= 15 is 0 Å². The number of aliphatic hydroxyl groups is 1. The molecule has 0 aliphatic rings. The molecule has 0 aromatic rings. The van der Waals surface area contributed by atoms with E-state index in [2.05, 4.69) is 0 Å². The van der Waals surface area contributed by atoms with E-state index in [9.17, 15) is 19.1 Å². The normalized spacial score (nSPS) is 20.1. The van der Waals surface area contributed by atoms with Crippen molar-refractivity contribution in [3.63, 3.8) is 0 Å². The van der Waals surface area contributed by atoms with Crippen LogP contribution in [-0.4, -0.2) is 49.4 Å². The third kappa shape index (κ3) is 5.78. The van der Waals surface area contributed by atoms with Gasteiger partial charge in [-0.25, -0.2) is 0 Å². The van der Waals surface area contributed by atoms with Crippen molar-refractivity contribution in [3.05, 3.63) is 0 Å². The molecule has 0 spiro atoms. The van der Waals surface area contributed by atoms with Crippen LogP contribution in [0.25, 0.3) is 0 Å². The first-order chi connectivity index (χ1) is 8.24. The van der Waals surface area contributed by atoms with Gasteiger partial charge in [0.1, 0.15) is 0 Å². The molecule has 3 unspecified atom stereocenters. The van der Waals surface area contributed by atoms with Gasteiger partial charge in [0, 0.05) is 19.0 Å². The van der Waals surface area contributed by atoms with Crippen LogP contribution in [0.2, 0.25) is 0 Å². The Balaban J connectivity index is 0. The predicted molar refractivity (Wildman–Crippen MR) is 68.4 cm³/mol. The van der Waals surface area contributed by atoms with E-state index < -0.39 is 26.7 Å². The van der Waals surface area contributed by atoms with Crippen molar-refractivity contribution in [3.8, 4) is 0 Å². The molecule has 0 aromatic heterocycles. The van der Waals surface area contributed by atoms with Crippen molar-refractivity contribution in [1.29, 1.82) is 0 Å². The van der Waals surface area contributed by atoms with E-state index in [0.717, 1.165) is 0 Å². The first-order valence-electron chi connectivity index (χ1n) is 5.76. The number of nitrogens with zero attached hydrogens (tertiary/aromatic N) is 1. The molecule has 0 saturated carbocycles. The zero-order chi connectivity index (χ0) is 15.6. The monoisotopic (exact) mass is 341 g/mol. The van der Waals surface area contributed by atoms with E-state index in [1.807, 2.05) is 20.8 Å². The molecule has 4 N–H and O–H groups in total. The summed E-state index contributed by atoms with van der Waals surface area (Å²) in [4.78, 5) is 39.5. The van der Waals surface area contributed by atoms with Crippen molar-refractivity contribution in [2.75, 3.05) is 13.6 Å². The van der Waals surface area contributed by atoms with Crippen LogP contribution in [0.3, 0.4) is 0 Å². The molecule has 20 heavy (non-hydrogen) atoms. The fourth-order valence-electron chi connectivity index (χ4n) is 1.49. The molecule has 0 heterocycles. The van der Waals surface area contributed by atoms with Gasteiger partial charge in [-0.3, -0.25) is 4.57 Å². The summed E-state index contributed by atoms with van der Waals surface area (Å²) in [7, 11) is -9.38. The van der Waals surface area contributed by atoms with Crippen molar-refractivity contribution in [2.45, 2.75) is 38.3 Å². The Morgan fingerprint density at radius 3 is 1.85 bits per heavy atom. The van der Waals surface area contributed by atoms with E-state index in [1.165, 1.54) is 0 Å². The molecule has 0 saturated heterocycles. The van der Waals surface area contributed by atoms with Gasteiger partial charge >= 0.3 is 37.2 Å². The smallest absolute Gasteiger partial charge is 0.776 e. The molecule has 0 amide bonds. The molecular formula is C9H22NNaO7P2. The van der Waals surface area contributed by atoms with Crippen molar-refractivity contribution in [2.24, 2.45) is 5.92 Å². The molecule has 0 fully saturated rings. The van der Waals surface area contributed by atoms with Crippen LogP contribution >= 0.6 is 15.2 Å². The summed E-state index contributed by atoms with van der Waals surface area (Å²) >= 11 is 0. The molecule has 3 atom stereocenters. The third-order valence-electron chi connectivity index (χ3n) is 3.38. The van der Waals surface area contributed by atoms with Crippen LogP contribution in [0, 0.1) is 5.92 Å². The quantitative estimate of drug-likeness (QED) is 0.279. The topological polar surface area (TPSA) is 141 Å². The minimum Gasteiger partial charge on any atom is -0.776 e. The molecule has 0 bridgehead atoms. The SMILES string of the molecule is CC(C)C(C)N(C)CCC(O)(P(=O)([O-])O)P(=O)(O)O.[Na+]. The second-order valence-electron chi connectivity index (χ2n) is 5.05. The second-order valence-corrected chi connectivity index (χ2v) is 9.02. The summed E-state index contributed by atoms with van der Waals surface area (Å²) in [6.45, 7) is 5.63. The summed E-state index contributed by atoms with van der Waals surface area (Å²) in [5.74, 6) is 0.237. The van der Waals surface area contributed by atoms with E-state index in [0.29, 0.717) is 0 Å². The van der Waals surface area contributed by atoms with Crippen LogP contribution < -0.4 is 34.5 Å². The Bertz CT molecular complexity index is 372. The first-order valence-corrected chi connectivity index (χ1v) is 8.95. The van der Waals surface area contributed by atoms with E-state index in [-0.39, 0.29) is 48.1 Å². The summed E-state index contributed by atoms with van der Waals surface area (Å²) in [6.07, 6.45) is -0.776. The maximum absolute atomic E-state index is 11.1. The molecule has 0 radical (unpaired) electrons. The third-order valence-corrected chi connectivity index (χ3v) is 7.20.